The lowest BCUT2D eigenvalue weighted by Gasteiger charge is -2.34. The number of nitriles is 1. The summed E-state index contributed by atoms with van der Waals surface area (Å²) in [6.45, 7) is 2.81. The van der Waals surface area contributed by atoms with E-state index in [1.54, 1.807) is 11.8 Å². The Morgan fingerprint density at radius 2 is 1.72 bits per heavy atom. The van der Waals surface area contributed by atoms with Gasteiger partial charge in [-0.15, -0.1) is 0 Å². The summed E-state index contributed by atoms with van der Waals surface area (Å²) in [5.41, 5.74) is 1.83. The number of benzene rings is 2. The summed E-state index contributed by atoms with van der Waals surface area (Å²) in [5, 5.41) is 8.89. The molecule has 0 bridgehead atoms. The van der Waals surface area contributed by atoms with Crippen molar-refractivity contribution in [2.45, 2.75) is 18.2 Å². The Morgan fingerprint density at radius 1 is 1.06 bits per heavy atom. The van der Waals surface area contributed by atoms with Gasteiger partial charge in [0, 0.05) is 31.7 Å². The number of aromatic nitrogens is 1. The maximum absolute atomic E-state index is 12.9. The fourth-order valence-electron chi connectivity index (χ4n) is 3.58. The van der Waals surface area contributed by atoms with Gasteiger partial charge in [-0.3, -0.25) is 4.79 Å². The Kier molecular flexibility index (Phi) is 6.08. The first-order valence-electron chi connectivity index (χ1n) is 10.2. The minimum Gasteiger partial charge on any atom is -0.441 e. The molecule has 0 radical (unpaired) electrons. The second kappa shape index (κ2) is 8.94. The molecule has 1 aliphatic heterocycles. The molecule has 1 aliphatic rings. The van der Waals surface area contributed by atoms with E-state index in [0.29, 0.717) is 36.0 Å². The number of amides is 1. The highest BCUT2D eigenvalue weighted by Gasteiger charge is 2.30. The van der Waals surface area contributed by atoms with E-state index >= 15 is 0 Å². The number of sulfonamides is 1. The molecule has 0 N–H and O–H groups in total. The molecule has 1 amide bonds. The molecule has 164 valence electrons. The minimum atomic E-state index is -3.67. The topological polar surface area (TPSA) is 108 Å². The second-order valence-electron chi connectivity index (χ2n) is 7.49. The summed E-state index contributed by atoms with van der Waals surface area (Å²) in [5.74, 6) is 0.958. The third kappa shape index (κ3) is 4.42. The molecular formula is C23H22N4O4S. The number of hydrogen-bond donors (Lipinski definition) is 0. The fourth-order valence-corrected chi connectivity index (χ4v) is 5.00. The predicted molar refractivity (Wildman–Crippen MR) is 117 cm³/mol. The molecule has 2 heterocycles. The molecule has 0 atom stereocenters. The van der Waals surface area contributed by atoms with Gasteiger partial charge in [0.2, 0.25) is 21.8 Å². The molecule has 2 aromatic carbocycles. The van der Waals surface area contributed by atoms with Gasteiger partial charge in [0.25, 0.3) is 0 Å². The van der Waals surface area contributed by atoms with Crippen molar-refractivity contribution in [3.05, 3.63) is 71.6 Å². The quantitative estimate of drug-likeness (QED) is 0.591. The Morgan fingerprint density at radius 3 is 2.34 bits per heavy atom. The van der Waals surface area contributed by atoms with Crippen molar-refractivity contribution >= 4 is 15.9 Å². The summed E-state index contributed by atoms with van der Waals surface area (Å²) in [4.78, 5) is 19.1. The maximum Gasteiger partial charge on any atom is 0.243 e. The molecule has 0 aliphatic carbocycles. The highest BCUT2D eigenvalue weighted by Crippen LogP contribution is 2.23. The number of oxazole rings is 1. The van der Waals surface area contributed by atoms with Gasteiger partial charge in [0.1, 0.15) is 5.76 Å². The lowest BCUT2D eigenvalue weighted by molar-refractivity contribution is -0.131. The van der Waals surface area contributed by atoms with Gasteiger partial charge in [0.15, 0.2) is 0 Å². The van der Waals surface area contributed by atoms with Crippen LogP contribution in [0.1, 0.15) is 17.0 Å². The number of hydrogen-bond acceptors (Lipinski definition) is 6. The molecule has 0 unspecified atom stereocenters. The molecule has 1 aromatic heterocycles. The summed E-state index contributed by atoms with van der Waals surface area (Å²) < 4.78 is 32.8. The SMILES string of the molecule is Cc1oc(-c2ccccc2)nc1CC(=O)N1CCN(S(=O)(=O)c2ccc(C#N)cc2)CC1. The van der Waals surface area contributed by atoms with Crippen LogP contribution in [0.3, 0.4) is 0 Å². The van der Waals surface area contributed by atoms with Gasteiger partial charge in [-0.05, 0) is 43.3 Å². The average Bonchev–Trinajstić information content (AvgIpc) is 3.19. The van der Waals surface area contributed by atoms with E-state index in [0.717, 1.165) is 5.56 Å². The number of carbonyl (C=O) groups excluding carboxylic acids is 1. The maximum atomic E-state index is 12.9. The minimum absolute atomic E-state index is 0.102. The van der Waals surface area contributed by atoms with Gasteiger partial charge in [-0.25, -0.2) is 13.4 Å². The Bertz CT molecular complexity index is 1250. The van der Waals surface area contributed by atoms with Gasteiger partial charge in [0.05, 0.1) is 28.6 Å². The molecule has 0 saturated carbocycles. The van der Waals surface area contributed by atoms with Crippen LogP contribution in [0.5, 0.6) is 0 Å². The Hall–Kier alpha value is -3.48. The van der Waals surface area contributed by atoms with E-state index in [4.69, 9.17) is 9.68 Å². The zero-order chi connectivity index (χ0) is 22.7. The van der Waals surface area contributed by atoms with Crippen molar-refractivity contribution in [2.75, 3.05) is 26.2 Å². The van der Waals surface area contributed by atoms with Crippen LogP contribution in [-0.4, -0.2) is 54.7 Å². The molecule has 1 fully saturated rings. The largest absolute Gasteiger partial charge is 0.441 e. The highest BCUT2D eigenvalue weighted by molar-refractivity contribution is 7.89. The van der Waals surface area contributed by atoms with E-state index in [1.807, 2.05) is 36.4 Å². The third-order valence-electron chi connectivity index (χ3n) is 5.44. The van der Waals surface area contributed by atoms with Crippen molar-refractivity contribution in [3.63, 3.8) is 0 Å². The van der Waals surface area contributed by atoms with Crippen molar-refractivity contribution < 1.29 is 17.6 Å². The Balaban J connectivity index is 1.39. The molecule has 1 saturated heterocycles. The molecule has 32 heavy (non-hydrogen) atoms. The number of rotatable bonds is 5. The summed E-state index contributed by atoms with van der Waals surface area (Å²) in [6, 6.07) is 17.3. The van der Waals surface area contributed by atoms with Crippen LogP contribution in [0.2, 0.25) is 0 Å². The van der Waals surface area contributed by atoms with Crippen LogP contribution < -0.4 is 0 Å². The molecule has 8 nitrogen and oxygen atoms in total. The Labute approximate surface area is 186 Å². The monoisotopic (exact) mass is 450 g/mol. The van der Waals surface area contributed by atoms with Crippen molar-refractivity contribution in [1.29, 1.82) is 5.26 Å². The molecule has 0 spiro atoms. The van der Waals surface area contributed by atoms with Crippen molar-refractivity contribution in [2.24, 2.45) is 0 Å². The molecule has 4 rings (SSSR count). The van der Waals surface area contributed by atoms with Crippen molar-refractivity contribution in [3.8, 4) is 17.5 Å². The first-order valence-corrected chi connectivity index (χ1v) is 11.6. The first kappa shape index (κ1) is 21.7. The zero-order valence-corrected chi connectivity index (χ0v) is 18.4. The van der Waals surface area contributed by atoms with E-state index in [2.05, 4.69) is 4.98 Å². The van der Waals surface area contributed by atoms with E-state index in [9.17, 15) is 13.2 Å². The fraction of sp³-hybridized carbons (Fsp3) is 0.261. The van der Waals surface area contributed by atoms with Crippen LogP contribution >= 0.6 is 0 Å². The first-order chi connectivity index (χ1) is 15.4. The number of piperazine rings is 1. The van der Waals surface area contributed by atoms with Crippen LogP contribution in [0, 0.1) is 18.3 Å². The smallest absolute Gasteiger partial charge is 0.243 e. The van der Waals surface area contributed by atoms with Gasteiger partial charge in [-0.2, -0.15) is 9.57 Å². The van der Waals surface area contributed by atoms with Gasteiger partial charge < -0.3 is 9.32 Å². The van der Waals surface area contributed by atoms with Crippen molar-refractivity contribution in [1.82, 2.24) is 14.2 Å². The zero-order valence-electron chi connectivity index (χ0n) is 17.6. The lowest BCUT2D eigenvalue weighted by Crippen LogP contribution is -2.50. The van der Waals surface area contributed by atoms with E-state index in [1.165, 1.54) is 28.6 Å². The molecular weight excluding hydrogens is 428 g/mol. The summed E-state index contributed by atoms with van der Waals surface area (Å²) in [6.07, 6.45) is 0.102. The van der Waals surface area contributed by atoms with E-state index < -0.39 is 10.0 Å². The van der Waals surface area contributed by atoms with Crippen LogP contribution in [-0.2, 0) is 21.2 Å². The summed E-state index contributed by atoms with van der Waals surface area (Å²) >= 11 is 0. The number of aryl methyl sites for hydroxylation is 1. The standard InChI is InChI=1S/C23H22N4O4S/c1-17-21(25-23(31-17)19-5-3-2-4-6-19)15-22(28)26-11-13-27(14-12-26)32(29,30)20-9-7-18(16-24)8-10-20/h2-10H,11-15H2,1H3. The number of carbonyl (C=O) groups is 1. The second-order valence-corrected chi connectivity index (χ2v) is 9.42. The van der Waals surface area contributed by atoms with Crippen LogP contribution in [0.25, 0.3) is 11.5 Å². The lowest BCUT2D eigenvalue weighted by atomic mass is 10.2. The number of nitrogens with zero attached hydrogens (tertiary/aromatic N) is 4. The summed E-state index contributed by atoms with van der Waals surface area (Å²) in [7, 11) is -3.67. The highest BCUT2D eigenvalue weighted by atomic mass is 32.2. The average molecular weight is 451 g/mol. The van der Waals surface area contributed by atoms with Gasteiger partial charge in [-0.1, -0.05) is 18.2 Å². The van der Waals surface area contributed by atoms with Crippen LogP contribution in [0.15, 0.2) is 63.9 Å². The van der Waals surface area contributed by atoms with Crippen LogP contribution in [0.4, 0.5) is 0 Å². The van der Waals surface area contributed by atoms with Gasteiger partial charge >= 0.3 is 0 Å². The van der Waals surface area contributed by atoms with E-state index in [-0.39, 0.29) is 30.3 Å². The third-order valence-corrected chi connectivity index (χ3v) is 7.36. The predicted octanol–water partition coefficient (Wildman–Crippen LogP) is 2.60. The normalized spacial score (nSPS) is 14.8. The molecule has 9 heteroatoms. The molecule has 3 aromatic rings.